The third-order valence-corrected chi connectivity index (χ3v) is 6.00. The molecule has 1 aliphatic heterocycles. The second-order valence-electron chi connectivity index (χ2n) is 7.56. The summed E-state index contributed by atoms with van der Waals surface area (Å²) < 4.78 is 64.9. The van der Waals surface area contributed by atoms with Crippen molar-refractivity contribution in [3.63, 3.8) is 0 Å². The van der Waals surface area contributed by atoms with Gasteiger partial charge in [0.2, 0.25) is 5.88 Å². The lowest BCUT2D eigenvalue weighted by atomic mass is 10.2. The molecule has 1 aromatic heterocycles. The van der Waals surface area contributed by atoms with E-state index < -0.39 is 28.8 Å². The maximum Gasteiger partial charge on any atom is 0.416 e. The van der Waals surface area contributed by atoms with Gasteiger partial charge in [0.25, 0.3) is 0 Å². The molecule has 4 rings (SSSR count). The molecule has 8 nitrogen and oxygen atoms in total. The number of carbonyl (C=O) groups excluding carboxylic acids is 1. The van der Waals surface area contributed by atoms with E-state index in [2.05, 4.69) is 20.3 Å². The number of nitrogens with one attached hydrogen (secondary N) is 3. The monoisotopic (exact) mass is 470 g/mol. The molecule has 2 fully saturated rings. The number of hydrogen-bond donors (Lipinski definition) is 3. The van der Waals surface area contributed by atoms with Crippen LogP contribution in [-0.2, 0) is 21.9 Å². The lowest BCUT2D eigenvalue weighted by molar-refractivity contribution is -0.137. The van der Waals surface area contributed by atoms with E-state index in [0.29, 0.717) is 30.6 Å². The van der Waals surface area contributed by atoms with Gasteiger partial charge in [0.1, 0.15) is 16.7 Å². The standard InChI is InChI=1S/C20H21F3N4O4S/c21-20(22,23)13-2-1-3-14(6-13)25-19(28)26-17-7-16(32(29)27-15-10-30-11-15)8-24-18(17)31-9-12-4-5-12/h1-3,6-8,12,15,27H,4-5,9-11H2,(H2,25,26,28). The van der Waals surface area contributed by atoms with Crippen LogP contribution in [0.5, 0.6) is 5.88 Å². The maximum atomic E-state index is 12.9. The van der Waals surface area contributed by atoms with Gasteiger partial charge >= 0.3 is 12.2 Å². The van der Waals surface area contributed by atoms with E-state index in [0.717, 1.165) is 25.0 Å². The highest BCUT2D eigenvalue weighted by molar-refractivity contribution is 7.83. The van der Waals surface area contributed by atoms with Gasteiger partial charge in [0.05, 0.1) is 36.3 Å². The molecule has 1 aromatic carbocycles. The second kappa shape index (κ2) is 9.43. The van der Waals surface area contributed by atoms with Crippen molar-refractivity contribution in [2.24, 2.45) is 5.92 Å². The van der Waals surface area contributed by atoms with Crippen molar-refractivity contribution in [2.75, 3.05) is 30.5 Å². The third-order valence-electron chi connectivity index (χ3n) is 4.80. The first kappa shape index (κ1) is 22.5. The van der Waals surface area contributed by atoms with Crippen LogP contribution in [0.1, 0.15) is 18.4 Å². The van der Waals surface area contributed by atoms with Crippen molar-refractivity contribution >= 4 is 28.4 Å². The van der Waals surface area contributed by atoms with Crippen molar-refractivity contribution in [2.45, 2.75) is 30.0 Å². The lowest BCUT2D eigenvalue weighted by Gasteiger charge is -2.26. The van der Waals surface area contributed by atoms with E-state index in [1.54, 1.807) is 0 Å². The topological polar surface area (TPSA) is 102 Å². The molecule has 1 saturated carbocycles. The number of rotatable bonds is 8. The molecule has 12 heteroatoms. The minimum atomic E-state index is -4.53. The highest BCUT2D eigenvalue weighted by atomic mass is 32.2. The summed E-state index contributed by atoms with van der Waals surface area (Å²) >= 11 is 0. The molecule has 3 N–H and O–H groups in total. The van der Waals surface area contributed by atoms with Crippen molar-refractivity contribution in [3.05, 3.63) is 42.1 Å². The first-order valence-electron chi connectivity index (χ1n) is 9.92. The summed E-state index contributed by atoms with van der Waals surface area (Å²) in [6.07, 6.45) is -1.04. The van der Waals surface area contributed by atoms with Crippen LogP contribution in [0.3, 0.4) is 0 Å². The molecule has 172 valence electrons. The van der Waals surface area contributed by atoms with Gasteiger partial charge in [-0.25, -0.2) is 18.7 Å². The fourth-order valence-corrected chi connectivity index (χ4v) is 3.75. The van der Waals surface area contributed by atoms with Gasteiger partial charge in [-0.05, 0) is 43.0 Å². The van der Waals surface area contributed by atoms with E-state index in [-0.39, 0.29) is 23.3 Å². The number of alkyl halides is 3. The number of pyridine rings is 1. The number of carbonyl (C=O) groups is 1. The summed E-state index contributed by atoms with van der Waals surface area (Å²) in [5.74, 6) is 0.571. The molecule has 1 saturated heterocycles. The zero-order valence-corrected chi connectivity index (χ0v) is 17.6. The zero-order chi connectivity index (χ0) is 22.7. The Morgan fingerprint density at radius 1 is 1.22 bits per heavy atom. The predicted molar refractivity (Wildman–Crippen MR) is 111 cm³/mol. The van der Waals surface area contributed by atoms with Crippen LogP contribution in [0, 0.1) is 5.92 Å². The van der Waals surface area contributed by atoms with Gasteiger partial charge in [-0.2, -0.15) is 13.2 Å². The van der Waals surface area contributed by atoms with Crippen LogP contribution < -0.4 is 20.1 Å². The van der Waals surface area contributed by atoms with Gasteiger partial charge in [-0.1, -0.05) is 6.07 Å². The summed E-state index contributed by atoms with van der Waals surface area (Å²) in [5.41, 5.74) is -0.751. The number of ether oxygens (including phenoxy) is 2. The molecule has 32 heavy (non-hydrogen) atoms. The van der Waals surface area contributed by atoms with Gasteiger partial charge in [-0.3, -0.25) is 0 Å². The van der Waals surface area contributed by atoms with Crippen LogP contribution in [-0.4, -0.2) is 41.1 Å². The fraction of sp³-hybridized carbons (Fsp3) is 0.400. The van der Waals surface area contributed by atoms with Gasteiger partial charge in [0, 0.05) is 11.9 Å². The van der Waals surface area contributed by atoms with Crippen LogP contribution in [0.4, 0.5) is 29.3 Å². The Hall–Kier alpha value is -2.70. The van der Waals surface area contributed by atoms with Gasteiger partial charge in [-0.15, -0.1) is 0 Å². The number of halogens is 3. The molecular formula is C20H21F3N4O4S. The Morgan fingerprint density at radius 2 is 2.00 bits per heavy atom. The molecular weight excluding hydrogens is 449 g/mol. The van der Waals surface area contributed by atoms with E-state index in [9.17, 15) is 22.2 Å². The van der Waals surface area contributed by atoms with E-state index in [1.807, 2.05) is 0 Å². The predicted octanol–water partition coefficient (Wildman–Crippen LogP) is 3.54. The Labute approximate surface area is 184 Å². The minimum absolute atomic E-state index is 0.0304. The molecule has 2 heterocycles. The number of aromatic nitrogens is 1. The first-order valence-corrected chi connectivity index (χ1v) is 11.1. The molecule has 0 bridgehead atoms. The molecule has 1 unspecified atom stereocenters. The molecule has 0 radical (unpaired) electrons. The second-order valence-corrected chi connectivity index (χ2v) is 8.80. The summed E-state index contributed by atoms with van der Waals surface area (Å²) in [6, 6.07) is 4.92. The number of hydrogen-bond acceptors (Lipinski definition) is 5. The van der Waals surface area contributed by atoms with Crippen LogP contribution in [0.25, 0.3) is 0 Å². The molecule has 0 spiro atoms. The van der Waals surface area contributed by atoms with E-state index in [4.69, 9.17) is 9.47 Å². The normalized spacial score (nSPS) is 17.3. The summed E-state index contributed by atoms with van der Waals surface area (Å²) in [5, 5.41) is 4.90. The Balaban J connectivity index is 1.48. The Kier molecular flexibility index (Phi) is 6.63. The summed E-state index contributed by atoms with van der Waals surface area (Å²) in [4.78, 5) is 17.0. The van der Waals surface area contributed by atoms with E-state index in [1.165, 1.54) is 24.4 Å². The first-order chi connectivity index (χ1) is 15.3. The third kappa shape index (κ3) is 5.96. The average molecular weight is 470 g/mol. The van der Waals surface area contributed by atoms with Crippen molar-refractivity contribution in [3.8, 4) is 5.88 Å². The van der Waals surface area contributed by atoms with Crippen molar-refractivity contribution in [1.82, 2.24) is 9.71 Å². The van der Waals surface area contributed by atoms with Gasteiger partial charge in [0.15, 0.2) is 0 Å². The molecule has 2 aliphatic rings. The van der Waals surface area contributed by atoms with Crippen molar-refractivity contribution < 1.29 is 31.6 Å². The average Bonchev–Trinajstić information content (AvgIpc) is 3.53. The summed E-state index contributed by atoms with van der Waals surface area (Å²) in [7, 11) is -1.59. The smallest absolute Gasteiger partial charge is 0.416 e. The van der Waals surface area contributed by atoms with Crippen LogP contribution >= 0.6 is 0 Å². The number of nitrogens with zero attached hydrogens (tertiary/aromatic N) is 1. The summed E-state index contributed by atoms with van der Waals surface area (Å²) in [6.45, 7) is 1.33. The Bertz CT molecular complexity index is 1010. The number of benzene rings is 1. The maximum absolute atomic E-state index is 12.9. The number of anilines is 2. The number of amides is 2. The van der Waals surface area contributed by atoms with Crippen molar-refractivity contribution in [1.29, 1.82) is 0 Å². The lowest BCUT2D eigenvalue weighted by Crippen LogP contribution is -2.46. The largest absolute Gasteiger partial charge is 0.476 e. The molecule has 1 aliphatic carbocycles. The molecule has 2 amide bonds. The van der Waals surface area contributed by atoms with E-state index >= 15 is 0 Å². The zero-order valence-electron chi connectivity index (χ0n) is 16.8. The SMILES string of the molecule is O=C(Nc1cccc(C(F)(F)F)c1)Nc1cc(S(=O)NC2COC2)cnc1OCC1CC1. The Morgan fingerprint density at radius 3 is 2.66 bits per heavy atom. The quantitative estimate of drug-likeness (QED) is 0.548. The highest BCUT2D eigenvalue weighted by Gasteiger charge is 2.30. The molecule has 2 aromatic rings. The fourth-order valence-electron chi connectivity index (χ4n) is 2.80. The minimum Gasteiger partial charge on any atom is -0.476 e. The number of urea groups is 1. The van der Waals surface area contributed by atoms with Gasteiger partial charge < -0.3 is 20.1 Å². The highest BCUT2D eigenvalue weighted by Crippen LogP contribution is 2.32. The van der Waals surface area contributed by atoms with Crippen LogP contribution in [0.15, 0.2) is 41.4 Å². The van der Waals surface area contributed by atoms with Crippen LogP contribution in [0.2, 0.25) is 0 Å². The molecule has 1 atom stereocenters.